The number of carbonyl (C=O) groups excluding carboxylic acids is 1. The van der Waals surface area contributed by atoms with Gasteiger partial charge in [-0.1, -0.05) is 60.7 Å². The molecule has 0 unspecified atom stereocenters. The second-order valence-corrected chi connectivity index (χ2v) is 7.70. The predicted octanol–water partition coefficient (Wildman–Crippen LogP) is 3.61. The van der Waals surface area contributed by atoms with Crippen molar-refractivity contribution in [1.82, 2.24) is 5.32 Å². The number of aryl methyl sites for hydroxylation is 1. The van der Waals surface area contributed by atoms with Gasteiger partial charge in [0.2, 0.25) is 5.91 Å². The number of nitrogens with one attached hydrogen (secondary N) is 2. The monoisotopic (exact) mass is 446 g/mol. The van der Waals surface area contributed by atoms with E-state index < -0.39 is 29.9 Å². The molecule has 0 aliphatic carbocycles. The second-order valence-electron chi connectivity index (χ2n) is 7.70. The Morgan fingerprint density at radius 1 is 0.727 bits per heavy atom. The highest BCUT2D eigenvalue weighted by Crippen LogP contribution is 2.13. The summed E-state index contributed by atoms with van der Waals surface area (Å²) in [7, 11) is 0. The highest BCUT2D eigenvalue weighted by atomic mass is 16.4. The SMILES string of the molecule is O=C(O)c1ccc(NC(=O)[C@H](Cc2ccccc2)N[C@@H](CCc2ccccc2)C(=O)O)cc1. The van der Waals surface area contributed by atoms with Gasteiger partial charge in [-0.15, -0.1) is 0 Å². The fraction of sp³-hybridized carbons (Fsp3) is 0.192. The molecule has 0 aromatic heterocycles. The maximum Gasteiger partial charge on any atom is 0.335 e. The summed E-state index contributed by atoms with van der Waals surface area (Å²) < 4.78 is 0. The van der Waals surface area contributed by atoms with Crippen LogP contribution in [0, 0.1) is 0 Å². The van der Waals surface area contributed by atoms with Crippen molar-refractivity contribution in [2.45, 2.75) is 31.3 Å². The normalized spacial score (nSPS) is 12.5. The van der Waals surface area contributed by atoms with Crippen LogP contribution in [0.5, 0.6) is 0 Å². The molecule has 0 aliphatic heterocycles. The van der Waals surface area contributed by atoms with Gasteiger partial charge >= 0.3 is 11.9 Å². The standard InChI is InChI=1S/C26H26N2O5/c29-24(27-21-14-12-20(13-15-21)25(30)31)23(17-19-9-5-2-6-10-19)28-22(26(32)33)16-11-18-7-3-1-4-8-18/h1-10,12-15,22-23,28H,11,16-17H2,(H,27,29)(H,30,31)(H,32,33)/t22-,23-/m0/s1. The van der Waals surface area contributed by atoms with Crippen molar-refractivity contribution in [3.05, 3.63) is 102 Å². The van der Waals surface area contributed by atoms with Crippen LogP contribution in [0.4, 0.5) is 5.69 Å². The van der Waals surface area contributed by atoms with E-state index in [2.05, 4.69) is 10.6 Å². The van der Waals surface area contributed by atoms with Crippen molar-refractivity contribution >= 4 is 23.5 Å². The molecule has 4 N–H and O–H groups in total. The van der Waals surface area contributed by atoms with Crippen molar-refractivity contribution < 1.29 is 24.6 Å². The number of amides is 1. The van der Waals surface area contributed by atoms with E-state index in [1.807, 2.05) is 60.7 Å². The van der Waals surface area contributed by atoms with Crippen LogP contribution in [0.2, 0.25) is 0 Å². The van der Waals surface area contributed by atoms with Gasteiger partial charge in [0.25, 0.3) is 0 Å². The minimum atomic E-state index is -1.06. The molecular weight excluding hydrogens is 420 g/mol. The summed E-state index contributed by atoms with van der Waals surface area (Å²) >= 11 is 0. The predicted molar refractivity (Wildman–Crippen MR) is 125 cm³/mol. The first-order valence-corrected chi connectivity index (χ1v) is 10.6. The maximum absolute atomic E-state index is 13.1. The fourth-order valence-electron chi connectivity index (χ4n) is 3.48. The number of aromatic carboxylic acids is 1. The van der Waals surface area contributed by atoms with Crippen LogP contribution in [0.3, 0.4) is 0 Å². The average molecular weight is 447 g/mol. The Morgan fingerprint density at radius 2 is 1.30 bits per heavy atom. The first kappa shape index (κ1) is 23.7. The van der Waals surface area contributed by atoms with Gasteiger partial charge in [0.1, 0.15) is 6.04 Å². The molecule has 3 rings (SSSR count). The van der Waals surface area contributed by atoms with Gasteiger partial charge in [0.05, 0.1) is 11.6 Å². The van der Waals surface area contributed by atoms with Crippen LogP contribution in [-0.2, 0) is 22.4 Å². The van der Waals surface area contributed by atoms with Gasteiger partial charge in [0.15, 0.2) is 0 Å². The molecule has 2 atom stereocenters. The van der Waals surface area contributed by atoms with Crippen LogP contribution in [0.1, 0.15) is 27.9 Å². The lowest BCUT2D eigenvalue weighted by molar-refractivity contribution is -0.140. The summed E-state index contributed by atoms with van der Waals surface area (Å²) in [6, 6.07) is 23.0. The lowest BCUT2D eigenvalue weighted by Crippen LogP contribution is -2.50. The molecule has 33 heavy (non-hydrogen) atoms. The smallest absolute Gasteiger partial charge is 0.335 e. The third-order valence-corrected chi connectivity index (χ3v) is 5.26. The minimum Gasteiger partial charge on any atom is -0.480 e. The van der Waals surface area contributed by atoms with E-state index in [1.165, 1.54) is 24.3 Å². The van der Waals surface area contributed by atoms with Gasteiger partial charge < -0.3 is 15.5 Å². The lowest BCUT2D eigenvalue weighted by atomic mass is 10.0. The number of hydrogen-bond acceptors (Lipinski definition) is 4. The quantitative estimate of drug-likeness (QED) is 0.358. The van der Waals surface area contributed by atoms with E-state index >= 15 is 0 Å². The Morgan fingerprint density at radius 3 is 1.85 bits per heavy atom. The second kappa shape index (κ2) is 11.6. The van der Waals surface area contributed by atoms with E-state index in [1.54, 1.807) is 0 Å². The molecule has 1 amide bonds. The van der Waals surface area contributed by atoms with Crippen molar-refractivity contribution in [3.8, 4) is 0 Å². The first-order chi connectivity index (χ1) is 15.9. The van der Waals surface area contributed by atoms with Crippen LogP contribution >= 0.6 is 0 Å². The van der Waals surface area contributed by atoms with Gasteiger partial charge in [-0.05, 0) is 54.7 Å². The Balaban J connectivity index is 1.74. The minimum absolute atomic E-state index is 0.110. The molecule has 0 aliphatic rings. The molecule has 0 bridgehead atoms. The van der Waals surface area contributed by atoms with E-state index in [0.717, 1.165) is 11.1 Å². The van der Waals surface area contributed by atoms with Gasteiger partial charge in [-0.3, -0.25) is 14.9 Å². The summed E-state index contributed by atoms with van der Waals surface area (Å²) in [5.41, 5.74) is 2.45. The molecular formula is C26H26N2O5. The number of aliphatic carboxylic acids is 1. The highest BCUT2D eigenvalue weighted by molar-refractivity contribution is 5.96. The highest BCUT2D eigenvalue weighted by Gasteiger charge is 2.26. The van der Waals surface area contributed by atoms with Gasteiger partial charge in [0, 0.05) is 5.69 Å². The summed E-state index contributed by atoms with van der Waals surface area (Å²) in [6.45, 7) is 0. The largest absolute Gasteiger partial charge is 0.480 e. The Hall–Kier alpha value is -3.97. The van der Waals surface area contributed by atoms with Crippen LogP contribution in [0.25, 0.3) is 0 Å². The molecule has 7 nitrogen and oxygen atoms in total. The van der Waals surface area contributed by atoms with E-state index in [9.17, 15) is 19.5 Å². The number of anilines is 1. The zero-order valence-electron chi connectivity index (χ0n) is 18.0. The van der Waals surface area contributed by atoms with E-state index in [4.69, 9.17) is 5.11 Å². The third-order valence-electron chi connectivity index (χ3n) is 5.26. The van der Waals surface area contributed by atoms with Gasteiger partial charge in [-0.2, -0.15) is 0 Å². The molecule has 0 saturated heterocycles. The zero-order chi connectivity index (χ0) is 23.6. The molecule has 170 valence electrons. The molecule has 3 aromatic carbocycles. The molecule has 3 aromatic rings. The average Bonchev–Trinajstić information content (AvgIpc) is 2.82. The Labute approximate surface area is 192 Å². The maximum atomic E-state index is 13.1. The summed E-state index contributed by atoms with van der Waals surface area (Å²) in [4.78, 5) is 36.1. The van der Waals surface area contributed by atoms with Crippen LogP contribution < -0.4 is 10.6 Å². The number of hydrogen-bond donors (Lipinski definition) is 4. The third kappa shape index (κ3) is 7.29. The topological polar surface area (TPSA) is 116 Å². The van der Waals surface area contributed by atoms with Crippen molar-refractivity contribution in [1.29, 1.82) is 0 Å². The number of carboxylic acids is 2. The number of benzene rings is 3. The number of carboxylic acid groups (broad SMARTS) is 2. The van der Waals surface area contributed by atoms with Crippen LogP contribution in [-0.4, -0.2) is 40.1 Å². The van der Waals surface area contributed by atoms with Crippen LogP contribution in [0.15, 0.2) is 84.9 Å². The first-order valence-electron chi connectivity index (χ1n) is 10.6. The van der Waals surface area contributed by atoms with E-state index in [0.29, 0.717) is 24.9 Å². The molecule has 7 heteroatoms. The molecule has 0 saturated carbocycles. The molecule has 0 fully saturated rings. The van der Waals surface area contributed by atoms with E-state index in [-0.39, 0.29) is 5.56 Å². The van der Waals surface area contributed by atoms with Crippen molar-refractivity contribution in [3.63, 3.8) is 0 Å². The lowest BCUT2D eigenvalue weighted by Gasteiger charge is -2.23. The Kier molecular flexibility index (Phi) is 8.32. The van der Waals surface area contributed by atoms with Crippen molar-refractivity contribution in [2.24, 2.45) is 0 Å². The molecule has 0 spiro atoms. The fourth-order valence-corrected chi connectivity index (χ4v) is 3.48. The van der Waals surface area contributed by atoms with Crippen molar-refractivity contribution in [2.75, 3.05) is 5.32 Å². The summed E-state index contributed by atoms with van der Waals surface area (Å²) in [6.07, 6.45) is 1.18. The Bertz CT molecular complexity index is 1070. The van der Waals surface area contributed by atoms with Gasteiger partial charge in [-0.25, -0.2) is 4.79 Å². The summed E-state index contributed by atoms with van der Waals surface area (Å²) in [5, 5.41) is 24.6. The number of rotatable bonds is 11. The zero-order valence-corrected chi connectivity index (χ0v) is 18.0. The molecule has 0 heterocycles. The molecule has 0 radical (unpaired) electrons. The summed E-state index contributed by atoms with van der Waals surface area (Å²) in [5.74, 6) is -2.48. The number of carbonyl (C=O) groups is 3.